The first-order valence-electron chi connectivity index (χ1n) is 11.3. The molecule has 196 valence electrons. The summed E-state index contributed by atoms with van der Waals surface area (Å²) in [6.45, 7) is 1.91. The molecule has 4 unspecified atom stereocenters. The van der Waals surface area contributed by atoms with Gasteiger partial charge in [0.05, 0.1) is 21.8 Å². The lowest BCUT2D eigenvalue weighted by Gasteiger charge is -2.39. The van der Waals surface area contributed by atoms with Crippen molar-refractivity contribution in [1.29, 1.82) is 0 Å². The van der Waals surface area contributed by atoms with Crippen LogP contribution in [0.5, 0.6) is 0 Å². The molecule has 0 aromatic carbocycles. The summed E-state index contributed by atoms with van der Waals surface area (Å²) in [6.07, 6.45) is -7.58. The molecule has 3 aliphatic carbocycles. The molecular formula is C21H27F6O6S-. The number of hydrogen-bond acceptors (Lipinski definition) is 6. The van der Waals surface area contributed by atoms with Crippen molar-refractivity contribution in [3.8, 4) is 0 Å². The molecule has 6 nitrogen and oxygen atoms in total. The molecule has 0 aromatic rings. The minimum Gasteiger partial charge on any atom is -0.748 e. The first-order valence-corrected chi connectivity index (χ1v) is 12.9. The van der Waals surface area contributed by atoms with E-state index < -0.39 is 57.5 Å². The molecule has 13 heteroatoms. The van der Waals surface area contributed by atoms with Gasteiger partial charge in [0, 0.05) is 12.3 Å². The maximum Gasteiger partial charge on any atom is 0.438 e. The van der Waals surface area contributed by atoms with E-state index in [0.29, 0.717) is 25.7 Å². The van der Waals surface area contributed by atoms with Crippen molar-refractivity contribution in [3.63, 3.8) is 0 Å². The van der Waals surface area contributed by atoms with Gasteiger partial charge >= 0.3 is 23.9 Å². The summed E-state index contributed by atoms with van der Waals surface area (Å²) >= 11 is 0. The van der Waals surface area contributed by atoms with E-state index in [9.17, 15) is 48.9 Å². The fraction of sp³-hybridized carbons (Fsp3) is 0.905. The van der Waals surface area contributed by atoms with Crippen LogP contribution in [0.15, 0.2) is 0 Å². The Morgan fingerprint density at radius 1 is 0.971 bits per heavy atom. The zero-order valence-corrected chi connectivity index (χ0v) is 19.3. The van der Waals surface area contributed by atoms with Crippen molar-refractivity contribution in [1.82, 2.24) is 0 Å². The molecule has 3 saturated carbocycles. The summed E-state index contributed by atoms with van der Waals surface area (Å²) < 4.78 is 119. The zero-order valence-electron chi connectivity index (χ0n) is 18.5. The predicted molar refractivity (Wildman–Crippen MR) is 104 cm³/mol. The van der Waals surface area contributed by atoms with Crippen LogP contribution in [0.1, 0.15) is 64.7 Å². The average Bonchev–Trinajstić information content (AvgIpc) is 3.40. The van der Waals surface area contributed by atoms with E-state index in [1.54, 1.807) is 0 Å². The summed E-state index contributed by atoms with van der Waals surface area (Å²) in [7, 11) is -6.12. The van der Waals surface area contributed by atoms with Gasteiger partial charge in [-0.15, -0.1) is 0 Å². The molecule has 0 amide bonds. The van der Waals surface area contributed by atoms with Crippen molar-refractivity contribution in [2.24, 2.45) is 29.1 Å². The van der Waals surface area contributed by atoms with Gasteiger partial charge in [0.1, 0.15) is 5.78 Å². The lowest BCUT2D eigenvalue weighted by Crippen LogP contribution is -2.64. The quantitative estimate of drug-likeness (QED) is 0.264. The highest BCUT2D eigenvalue weighted by molar-refractivity contribution is 7.85. The summed E-state index contributed by atoms with van der Waals surface area (Å²) in [5.74, 6) is -8.97. The zero-order chi connectivity index (χ0) is 25.7. The average molecular weight is 521 g/mol. The molecule has 2 bridgehead atoms. The molecule has 0 aromatic heterocycles. The Morgan fingerprint density at radius 2 is 1.47 bits per heavy atom. The molecule has 0 heterocycles. The summed E-state index contributed by atoms with van der Waals surface area (Å²) in [4.78, 5) is 26.1. The van der Waals surface area contributed by atoms with E-state index in [2.05, 4.69) is 4.74 Å². The van der Waals surface area contributed by atoms with Crippen molar-refractivity contribution < 1.29 is 53.6 Å². The van der Waals surface area contributed by atoms with Crippen LogP contribution < -0.4 is 0 Å². The number of ether oxygens (including phenoxy) is 1. The third-order valence-electron chi connectivity index (χ3n) is 8.09. The Labute approximate surface area is 193 Å². The van der Waals surface area contributed by atoms with Gasteiger partial charge in [0.15, 0.2) is 0 Å². The van der Waals surface area contributed by atoms with Gasteiger partial charge in [-0.05, 0) is 49.4 Å². The SMILES string of the molecule is CCC1(CC(=O)C2C3CCC(C3)C2C(=O)OC(CS(=O)(=O)[O-])(C(F)(F)F)C(F)(F)F)CCCC1. The Hall–Kier alpha value is -1.37. The number of halogens is 6. The Kier molecular flexibility index (Phi) is 7.15. The van der Waals surface area contributed by atoms with Gasteiger partial charge in [0.2, 0.25) is 0 Å². The standard InChI is InChI=1S/C21H28F6O6S/c1-2-18(7-3-4-8-18)10-14(28)15-12-5-6-13(9-12)16(15)17(29)33-19(20(22,23)24,21(25,26)27)11-34(30,31)32/h12-13,15-16H,2-11H2,1H3,(H,30,31,32)/p-1. The van der Waals surface area contributed by atoms with E-state index in [1.807, 2.05) is 6.92 Å². The first kappa shape index (κ1) is 27.2. The minimum atomic E-state index is -6.42. The largest absolute Gasteiger partial charge is 0.748 e. The second-order valence-corrected chi connectivity index (χ2v) is 11.4. The molecule has 3 aliphatic rings. The van der Waals surface area contributed by atoms with E-state index in [1.165, 1.54) is 0 Å². The third-order valence-corrected chi connectivity index (χ3v) is 8.85. The predicted octanol–water partition coefficient (Wildman–Crippen LogP) is 4.53. The van der Waals surface area contributed by atoms with Crippen LogP contribution in [0.25, 0.3) is 0 Å². The van der Waals surface area contributed by atoms with E-state index >= 15 is 0 Å². The molecule has 0 N–H and O–H groups in total. The number of fused-ring (bicyclic) bond motifs is 2. The highest BCUT2D eigenvalue weighted by atomic mass is 32.2. The normalized spacial score (nSPS) is 29.4. The second kappa shape index (κ2) is 8.94. The van der Waals surface area contributed by atoms with Crippen LogP contribution >= 0.6 is 0 Å². The lowest BCUT2D eigenvalue weighted by atomic mass is 9.70. The van der Waals surface area contributed by atoms with Crippen molar-refractivity contribution in [3.05, 3.63) is 0 Å². The number of ketones is 1. The maximum atomic E-state index is 13.6. The Morgan fingerprint density at radius 3 is 1.91 bits per heavy atom. The van der Waals surface area contributed by atoms with Crippen LogP contribution in [-0.4, -0.2) is 48.4 Å². The number of alkyl halides is 6. The summed E-state index contributed by atoms with van der Waals surface area (Å²) in [5, 5.41) is 0. The molecule has 0 saturated heterocycles. The van der Waals surface area contributed by atoms with Gasteiger partial charge in [-0.1, -0.05) is 26.2 Å². The maximum absolute atomic E-state index is 13.6. The van der Waals surface area contributed by atoms with E-state index in [-0.39, 0.29) is 23.5 Å². The molecule has 0 spiro atoms. The van der Waals surface area contributed by atoms with Crippen LogP contribution in [0.2, 0.25) is 0 Å². The molecule has 3 fully saturated rings. The number of rotatable bonds is 8. The molecule has 3 rings (SSSR count). The fourth-order valence-corrected chi connectivity index (χ4v) is 7.20. The molecule has 0 aliphatic heterocycles. The molecule has 4 atom stereocenters. The topological polar surface area (TPSA) is 101 Å². The number of carbonyl (C=O) groups is 2. The molecule has 0 radical (unpaired) electrons. The Bertz CT molecular complexity index is 892. The first-order chi connectivity index (χ1) is 15.5. The monoisotopic (exact) mass is 521 g/mol. The highest BCUT2D eigenvalue weighted by Gasteiger charge is 2.75. The van der Waals surface area contributed by atoms with Crippen LogP contribution in [0.3, 0.4) is 0 Å². The van der Waals surface area contributed by atoms with Crippen LogP contribution in [-0.2, 0) is 24.4 Å². The van der Waals surface area contributed by atoms with Gasteiger partial charge in [0.25, 0.3) is 0 Å². The van der Waals surface area contributed by atoms with E-state index in [0.717, 1.165) is 25.7 Å². The fourth-order valence-electron chi connectivity index (χ4n) is 6.32. The Balaban J connectivity index is 1.93. The number of carbonyl (C=O) groups excluding carboxylic acids is 2. The van der Waals surface area contributed by atoms with Gasteiger partial charge in [-0.2, -0.15) is 26.3 Å². The third kappa shape index (κ3) is 4.96. The van der Waals surface area contributed by atoms with Crippen molar-refractivity contribution in [2.45, 2.75) is 82.7 Å². The van der Waals surface area contributed by atoms with Crippen LogP contribution in [0, 0.1) is 29.1 Å². The summed E-state index contributed by atoms with van der Waals surface area (Å²) in [6, 6.07) is 0. The second-order valence-electron chi connectivity index (χ2n) is 10.0. The van der Waals surface area contributed by atoms with Crippen molar-refractivity contribution in [2.75, 3.05) is 5.75 Å². The number of hydrogen-bond donors (Lipinski definition) is 0. The van der Waals surface area contributed by atoms with Gasteiger partial charge in [-0.25, -0.2) is 8.42 Å². The molecule has 34 heavy (non-hydrogen) atoms. The number of Topliss-reactive ketones (excluding diaryl/α,β-unsaturated/α-hetero) is 1. The van der Waals surface area contributed by atoms with Gasteiger partial charge in [-0.3, -0.25) is 9.59 Å². The molecular weight excluding hydrogens is 494 g/mol. The van der Waals surface area contributed by atoms with E-state index in [4.69, 9.17) is 0 Å². The smallest absolute Gasteiger partial charge is 0.438 e. The minimum absolute atomic E-state index is 0.0831. The van der Waals surface area contributed by atoms with Crippen LogP contribution in [0.4, 0.5) is 26.3 Å². The van der Waals surface area contributed by atoms with Gasteiger partial charge < -0.3 is 9.29 Å². The highest BCUT2D eigenvalue weighted by Crippen LogP contribution is 2.56. The summed E-state index contributed by atoms with van der Waals surface area (Å²) in [5.41, 5.74) is -5.81. The van der Waals surface area contributed by atoms with Crippen molar-refractivity contribution >= 4 is 21.9 Å². The number of esters is 1. The lowest BCUT2D eigenvalue weighted by molar-refractivity contribution is -0.362.